The molecular weight excluding hydrogens is 328 g/mol. The highest BCUT2D eigenvalue weighted by atomic mass is 79.9. The first-order valence-electron chi connectivity index (χ1n) is 7.86. The Kier molecular flexibility index (Phi) is 4.36. The van der Waals surface area contributed by atoms with Gasteiger partial charge in [-0.25, -0.2) is 0 Å². The quantitative estimate of drug-likeness (QED) is 0.909. The Balaban J connectivity index is 1.62. The van der Waals surface area contributed by atoms with Crippen molar-refractivity contribution in [1.29, 1.82) is 0 Å². The van der Waals surface area contributed by atoms with Crippen molar-refractivity contribution in [3.63, 3.8) is 0 Å². The van der Waals surface area contributed by atoms with Gasteiger partial charge in [0.25, 0.3) is 0 Å². The van der Waals surface area contributed by atoms with Gasteiger partial charge in [0, 0.05) is 29.5 Å². The smallest absolute Gasteiger partial charge is 0.226 e. The molecule has 0 radical (unpaired) electrons. The number of carbonyl (C=O) groups excluding carboxylic acids is 1. The normalized spacial score (nSPS) is 30.0. The molecule has 2 fully saturated rings. The topological polar surface area (TPSA) is 46.3 Å². The summed E-state index contributed by atoms with van der Waals surface area (Å²) in [4.78, 5) is 14.7. The van der Waals surface area contributed by atoms with Crippen LogP contribution in [0.25, 0.3) is 0 Å². The van der Waals surface area contributed by atoms with Gasteiger partial charge in [0.05, 0.1) is 0 Å². The maximum Gasteiger partial charge on any atom is 0.226 e. The largest absolute Gasteiger partial charge is 0.342 e. The van der Waals surface area contributed by atoms with Gasteiger partial charge in [-0.15, -0.1) is 0 Å². The highest BCUT2D eigenvalue weighted by Crippen LogP contribution is 2.49. The summed E-state index contributed by atoms with van der Waals surface area (Å²) in [5.74, 6) is 1.40. The minimum Gasteiger partial charge on any atom is -0.342 e. The zero-order valence-corrected chi connectivity index (χ0v) is 14.1. The minimum atomic E-state index is 0.181. The molecule has 21 heavy (non-hydrogen) atoms. The summed E-state index contributed by atoms with van der Waals surface area (Å²) in [6.45, 7) is 3.81. The summed E-state index contributed by atoms with van der Waals surface area (Å²) < 4.78 is 1.09. The van der Waals surface area contributed by atoms with Gasteiger partial charge < -0.3 is 10.6 Å². The maximum atomic E-state index is 12.7. The first-order chi connectivity index (χ1) is 10.1. The van der Waals surface area contributed by atoms with E-state index in [1.165, 1.54) is 5.56 Å². The molecule has 2 aliphatic rings. The first kappa shape index (κ1) is 15.0. The van der Waals surface area contributed by atoms with E-state index in [2.05, 4.69) is 39.9 Å². The Morgan fingerprint density at radius 3 is 3.00 bits per heavy atom. The van der Waals surface area contributed by atoms with E-state index >= 15 is 0 Å². The molecule has 3 rings (SSSR count). The lowest BCUT2D eigenvalue weighted by atomic mass is 9.92. The maximum absolute atomic E-state index is 12.7. The molecule has 1 aliphatic heterocycles. The van der Waals surface area contributed by atoms with Gasteiger partial charge in [-0.1, -0.05) is 28.1 Å². The predicted octanol–water partition coefficient (Wildman–Crippen LogP) is 3.14. The number of piperidine rings is 1. The zero-order valence-electron chi connectivity index (χ0n) is 12.5. The third-order valence-electron chi connectivity index (χ3n) is 4.90. The molecule has 1 aromatic rings. The molecule has 0 aromatic heterocycles. The van der Waals surface area contributed by atoms with E-state index in [0.29, 0.717) is 17.7 Å². The number of nitrogens with zero attached hydrogens (tertiary/aromatic N) is 1. The van der Waals surface area contributed by atoms with E-state index in [9.17, 15) is 4.79 Å². The van der Waals surface area contributed by atoms with Crippen molar-refractivity contribution in [1.82, 2.24) is 4.90 Å². The van der Waals surface area contributed by atoms with Crippen molar-refractivity contribution < 1.29 is 4.79 Å². The van der Waals surface area contributed by atoms with Crippen LogP contribution in [-0.2, 0) is 4.79 Å². The second kappa shape index (κ2) is 6.09. The Labute approximate surface area is 135 Å². The van der Waals surface area contributed by atoms with E-state index in [1.54, 1.807) is 0 Å². The number of carbonyl (C=O) groups is 1. The number of nitrogens with two attached hydrogens (primary N) is 1. The Hall–Kier alpha value is -0.870. The number of rotatable bonds is 3. The molecule has 1 saturated heterocycles. The summed E-state index contributed by atoms with van der Waals surface area (Å²) >= 11 is 3.51. The number of hydrogen-bond donors (Lipinski definition) is 1. The summed E-state index contributed by atoms with van der Waals surface area (Å²) in [7, 11) is 0. The molecule has 4 atom stereocenters. The predicted molar refractivity (Wildman–Crippen MR) is 87.9 cm³/mol. The van der Waals surface area contributed by atoms with Crippen LogP contribution in [0.1, 0.15) is 37.7 Å². The second-order valence-corrected chi connectivity index (χ2v) is 7.47. The summed E-state index contributed by atoms with van der Waals surface area (Å²) in [5.41, 5.74) is 7.29. The van der Waals surface area contributed by atoms with Crippen LogP contribution in [0.2, 0.25) is 0 Å². The molecule has 4 heteroatoms. The van der Waals surface area contributed by atoms with Crippen LogP contribution in [0.4, 0.5) is 0 Å². The molecule has 3 nitrogen and oxygen atoms in total. The van der Waals surface area contributed by atoms with E-state index < -0.39 is 0 Å². The van der Waals surface area contributed by atoms with Gasteiger partial charge >= 0.3 is 0 Å². The van der Waals surface area contributed by atoms with Crippen molar-refractivity contribution in [2.24, 2.45) is 17.6 Å². The highest BCUT2D eigenvalue weighted by Gasteiger charge is 2.46. The van der Waals surface area contributed by atoms with Gasteiger partial charge in [-0.05, 0) is 55.7 Å². The van der Waals surface area contributed by atoms with E-state index in [0.717, 1.165) is 36.8 Å². The number of halogens is 1. The van der Waals surface area contributed by atoms with E-state index in [-0.39, 0.29) is 12.0 Å². The lowest BCUT2D eigenvalue weighted by Gasteiger charge is -2.34. The molecule has 1 amide bonds. The molecule has 1 saturated carbocycles. The zero-order chi connectivity index (χ0) is 15.0. The fourth-order valence-electron chi connectivity index (χ4n) is 3.45. The van der Waals surface area contributed by atoms with Gasteiger partial charge in [-0.2, -0.15) is 0 Å². The number of likely N-dealkylation sites (tertiary alicyclic amines) is 1. The summed E-state index contributed by atoms with van der Waals surface area (Å²) in [6, 6.07) is 8.52. The van der Waals surface area contributed by atoms with Crippen LogP contribution in [0, 0.1) is 11.8 Å². The number of amides is 1. The molecule has 1 aromatic carbocycles. The van der Waals surface area contributed by atoms with Gasteiger partial charge in [0.15, 0.2) is 0 Å². The Morgan fingerprint density at radius 1 is 1.48 bits per heavy atom. The molecule has 2 N–H and O–H groups in total. The molecule has 1 heterocycles. The molecule has 0 bridgehead atoms. The van der Waals surface area contributed by atoms with Crippen LogP contribution in [-0.4, -0.2) is 29.9 Å². The minimum absolute atomic E-state index is 0.181. The Morgan fingerprint density at radius 2 is 2.29 bits per heavy atom. The third kappa shape index (κ3) is 3.32. The third-order valence-corrected chi connectivity index (χ3v) is 5.39. The van der Waals surface area contributed by atoms with Crippen molar-refractivity contribution in [3.05, 3.63) is 34.3 Å². The van der Waals surface area contributed by atoms with Crippen molar-refractivity contribution >= 4 is 21.8 Å². The summed E-state index contributed by atoms with van der Waals surface area (Å²) in [5, 5.41) is 0. The average Bonchev–Trinajstić information content (AvgIpc) is 3.27. The lowest BCUT2D eigenvalue weighted by Crippen LogP contribution is -2.45. The Bertz CT molecular complexity index is 531. The van der Waals surface area contributed by atoms with Gasteiger partial charge in [0.2, 0.25) is 5.91 Å². The summed E-state index contributed by atoms with van der Waals surface area (Å²) in [6.07, 6.45) is 3.24. The van der Waals surface area contributed by atoms with Gasteiger partial charge in [0.1, 0.15) is 0 Å². The monoisotopic (exact) mass is 350 g/mol. The highest BCUT2D eigenvalue weighted by molar-refractivity contribution is 9.10. The fraction of sp³-hybridized carbons (Fsp3) is 0.588. The molecular formula is C17H23BrN2O. The van der Waals surface area contributed by atoms with Gasteiger partial charge in [-0.3, -0.25) is 4.79 Å². The molecule has 0 spiro atoms. The van der Waals surface area contributed by atoms with Crippen LogP contribution in [0.5, 0.6) is 0 Å². The number of benzene rings is 1. The van der Waals surface area contributed by atoms with E-state index in [1.807, 2.05) is 12.1 Å². The first-order valence-corrected chi connectivity index (χ1v) is 8.65. The van der Waals surface area contributed by atoms with Crippen LogP contribution in [0.3, 0.4) is 0 Å². The molecule has 114 valence electrons. The van der Waals surface area contributed by atoms with Crippen LogP contribution in [0.15, 0.2) is 28.7 Å². The second-order valence-electron chi connectivity index (χ2n) is 6.55. The SMILES string of the molecule is CC(N)C1CCCN(C(=O)C2CC2c2cccc(Br)c2)C1. The molecule has 1 aliphatic carbocycles. The van der Waals surface area contributed by atoms with Crippen LogP contribution < -0.4 is 5.73 Å². The average molecular weight is 351 g/mol. The molecule has 4 unspecified atom stereocenters. The lowest BCUT2D eigenvalue weighted by molar-refractivity contribution is -0.134. The fourth-order valence-corrected chi connectivity index (χ4v) is 3.86. The van der Waals surface area contributed by atoms with Crippen molar-refractivity contribution in [2.45, 2.75) is 38.1 Å². The standard InChI is InChI=1S/C17H23BrN2O/c1-11(19)13-5-3-7-20(10-13)17(21)16-9-15(16)12-4-2-6-14(18)8-12/h2,4,6,8,11,13,15-16H,3,5,7,9-10,19H2,1H3. The number of hydrogen-bond acceptors (Lipinski definition) is 2. The van der Waals surface area contributed by atoms with Crippen LogP contribution >= 0.6 is 15.9 Å². The van der Waals surface area contributed by atoms with Crippen molar-refractivity contribution in [3.8, 4) is 0 Å². The van der Waals surface area contributed by atoms with Crippen molar-refractivity contribution in [2.75, 3.05) is 13.1 Å². The van der Waals surface area contributed by atoms with E-state index in [4.69, 9.17) is 5.73 Å².